The minimum atomic E-state index is 0.374. The molecule has 0 heterocycles. The molecule has 0 aromatic heterocycles. The van der Waals surface area contributed by atoms with E-state index in [4.69, 9.17) is 4.74 Å². The molecule has 2 aliphatic rings. The van der Waals surface area contributed by atoms with Crippen LogP contribution in [0.1, 0.15) is 45.4 Å². The molecule has 2 rings (SSSR count). The molecule has 2 heteroatoms. The maximum absolute atomic E-state index is 5.92. The van der Waals surface area contributed by atoms with Gasteiger partial charge in [0.15, 0.2) is 0 Å². The van der Waals surface area contributed by atoms with Crippen LogP contribution in [0, 0.1) is 5.92 Å². The molecule has 0 spiro atoms. The molecule has 0 bridgehead atoms. The van der Waals surface area contributed by atoms with Gasteiger partial charge >= 0.3 is 0 Å². The van der Waals surface area contributed by atoms with Crippen molar-refractivity contribution < 1.29 is 4.74 Å². The lowest BCUT2D eigenvalue weighted by atomic mass is 9.82. The second-order valence-electron chi connectivity index (χ2n) is 5.29. The first-order chi connectivity index (χ1) is 6.72. The highest BCUT2D eigenvalue weighted by molar-refractivity contribution is 4.88. The van der Waals surface area contributed by atoms with Gasteiger partial charge in [0.25, 0.3) is 0 Å². The predicted octanol–water partition coefficient (Wildman–Crippen LogP) is 2.33. The summed E-state index contributed by atoms with van der Waals surface area (Å²) in [5.41, 5.74) is 0.374. The minimum Gasteiger partial charge on any atom is -0.378 e. The van der Waals surface area contributed by atoms with Crippen molar-refractivity contribution in [3.8, 4) is 0 Å². The van der Waals surface area contributed by atoms with Gasteiger partial charge in [-0.25, -0.2) is 0 Å². The van der Waals surface area contributed by atoms with Gasteiger partial charge in [0.2, 0.25) is 0 Å². The zero-order valence-corrected chi connectivity index (χ0v) is 9.51. The molecule has 82 valence electrons. The molecule has 2 fully saturated rings. The zero-order valence-electron chi connectivity index (χ0n) is 9.51. The molecule has 2 saturated carbocycles. The fraction of sp³-hybridized carbons (Fsp3) is 1.00. The molecule has 0 saturated heterocycles. The van der Waals surface area contributed by atoms with Crippen LogP contribution in [0.3, 0.4) is 0 Å². The summed E-state index contributed by atoms with van der Waals surface area (Å²) in [4.78, 5) is 0. The lowest BCUT2D eigenvalue weighted by Crippen LogP contribution is -2.44. The number of hydrogen-bond donors (Lipinski definition) is 1. The van der Waals surface area contributed by atoms with E-state index in [1.165, 1.54) is 38.5 Å². The SMILES string of the molecule is CNC1(C)CCC(OCC2CC2)CC1. The summed E-state index contributed by atoms with van der Waals surface area (Å²) >= 11 is 0. The van der Waals surface area contributed by atoms with E-state index in [-0.39, 0.29) is 0 Å². The van der Waals surface area contributed by atoms with Crippen molar-refractivity contribution >= 4 is 0 Å². The van der Waals surface area contributed by atoms with Crippen LogP contribution in [0.25, 0.3) is 0 Å². The number of rotatable bonds is 4. The summed E-state index contributed by atoms with van der Waals surface area (Å²) in [7, 11) is 2.07. The third kappa shape index (κ3) is 2.71. The Kier molecular flexibility index (Phi) is 3.13. The fourth-order valence-corrected chi connectivity index (χ4v) is 2.20. The lowest BCUT2D eigenvalue weighted by molar-refractivity contribution is 0.00604. The third-order valence-electron chi connectivity index (χ3n) is 3.90. The van der Waals surface area contributed by atoms with Gasteiger partial charge in [-0.05, 0) is 58.4 Å². The first-order valence-electron chi connectivity index (χ1n) is 6.02. The topological polar surface area (TPSA) is 21.3 Å². The van der Waals surface area contributed by atoms with Gasteiger partial charge in [-0.1, -0.05) is 0 Å². The Balaban J connectivity index is 1.66. The van der Waals surface area contributed by atoms with Crippen LogP contribution >= 0.6 is 0 Å². The molecular weight excluding hydrogens is 174 g/mol. The molecule has 1 N–H and O–H groups in total. The lowest BCUT2D eigenvalue weighted by Gasteiger charge is -2.37. The number of hydrogen-bond acceptors (Lipinski definition) is 2. The number of ether oxygens (including phenoxy) is 1. The predicted molar refractivity (Wildman–Crippen MR) is 58.4 cm³/mol. The molecule has 2 aliphatic carbocycles. The normalized spacial score (nSPS) is 38.6. The molecule has 0 aliphatic heterocycles. The van der Waals surface area contributed by atoms with Gasteiger partial charge < -0.3 is 10.1 Å². The molecular formula is C12H23NO. The number of nitrogens with one attached hydrogen (secondary N) is 1. The van der Waals surface area contributed by atoms with Crippen LogP contribution in [-0.2, 0) is 4.74 Å². The van der Waals surface area contributed by atoms with Crippen molar-refractivity contribution in [2.75, 3.05) is 13.7 Å². The molecule has 0 atom stereocenters. The van der Waals surface area contributed by atoms with Crippen LogP contribution in [0.2, 0.25) is 0 Å². The molecule has 2 nitrogen and oxygen atoms in total. The quantitative estimate of drug-likeness (QED) is 0.747. The molecule has 14 heavy (non-hydrogen) atoms. The third-order valence-corrected chi connectivity index (χ3v) is 3.90. The summed E-state index contributed by atoms with van der Waals surface area (Å²) in [6.07, 6.45) is 8.37. The maximum atomic E-state index is 5.92. The zero-order chi connectivity index (χ0) is 10.0. The van der Waals surface area contributed by atoms with E-state index in [1.54, 1.807) is 0 Å². The minimum absolute atomic E-state index is 0.374. The Bertz CT molecular complexity index is 181. The Morgan fingerprint density at radius 3 is 2.36 bits per heavy atom. The second-order valence-corrected chi connectivity index (χ2v) is 5.29. The van der Waals surface area contributed by atoms with Crippen LogP contribution < -0.4 is 5.32 Å². The highest BCUT2D eigenvalue weighted by Crippen LogP contribution is 2.33. The highest BCUT2D eigenvalue weighted by Gasteiger charge is 2.31. The van der Waals surface area contributed by atoms with Crippen LogP contribution in [0.5, 0.6) is 0 Å². The van der Waals surface area contributed by atoms with Crippen molar-refractivity contribution in [1.82, 2.24) is 5.32 Å². The average molecular weight is 197 g/mol. The van der Waals surface area contributed by atoms with Crippen molar-refractivity contribution in [3.05, 3.63) is 0 Å². The highest BCUT2D eigenvalue weighted by atomic mass is 16.5. The van der Waals surface area contributed by atoms with Gasteiger partial charge in [0.1, 0.15) is 0 Å². The van der Waals surface area contributed by atoms with Gasteiger partial charge in [0, 0.05) is 12.1 Å². The summed E-state index contributed by atoms with van der Waals surface area (Å²) in [6.45, 7) is 3.35. The van der Waals surface area contributed by atoms with Crippen molar-refractivity contribution in [2.24, 2.45) is 5.92 Å². The van der Waals surface area contributed by atoms with E-state index >= 15 is 0 Å². The smallest absolute Gasteiger partial charge is 0.0576 e. The standard InChI is InChI=1S/C12H23NO/c1-12(13-2)7-5-11(6-8-12)14-9-10-3-4-10/h10-11,13H,3-9H2,1-2H3. The largest absolute Gasteiger partial charge is 0.378 e. The molecule has 0 radical (unpaired) electrons. The van der Waals surface area contributed by atoms with E-state index in [0.717, 1.165) is 12.5 Å². The fourth-order valence-electron chi connectivity index (χ4n) is 2.20. The summed E-state index contributed by atoms with van der Waals surface area (Å²) in [5, 5.41) is 3.42. The summed E-state index contributed by atoms with van der Waals surface area (Å²) in [6, 6.07) is 0. The Hall–Kier alpha value is -0.0800. The van der Waals surface area contributed by atoms with Gasteiger partial charge in [0.05, 0.1) is 6.10 Å². The van der Waals surface area contributed by atoms with Crippen molar-refractivity contribution in [3.63, 3.8) is 0 Å². The Morgan fingerprint density at radius 2 is 1.86 bits per heavy atom. The Labute approximate surface area is 87.4 Å². The van der Waals surface area contributed by atoms with Gasteiger partial charge in [-0.2, -0.15) is 0 Å². The van der Waals surface area contributed by atoms with Crippen molar-refractivity contribution in [1.29, 1.82) is 0 Å². The first-order valence-corrected chi connectivity index (χ1v) is 6.02. The van der Waals surface area contributed by atoms with E-state index in [9.17, 15) is 0 Å². The Morgan fingerprint density at radius 1 is 1.21 bits per heavy atom. The molecule has 0 amide bonds. The van der Waals surface area contributed by atoms with Crippen molar-refractivity contribution in [2.45, 2.75) is 57.1 Å². The van der Waals surface area contributed by atoms with Gasteiger partial charge in [-0.3, -0.25) is 0 Å². The van der Waals surface area contributed by atoms with Crippen LogP contribution in [0.15, 0.2) is 0 Å². The van der Waals surface area contributed by atoms with Gasteiger partial charge in [-0.15, -0.1) is 0 Å². The average Bonchev–Trinajstić information content (AvgIpc) is 3.01. The van der Waals surface area contributed by atoms with E-state index in [1.807, 2.05) is 0 Å². The van der Waals surface area contributed by atoms with E-state index < -0.39 is 0 Å². The monoisotopic (exact) mass is 197 g/mol. The second kappa shape index (κ2) is 4.19. The summed E-state index contributed by atoms with van der Waals surface area (Å²) in [5.74, 6) is 0.910. The van der Waals surface area contributed by atoms with Crippen LogP contribution in [-0.4, -0.2) is 25.3 Å². The van der Waals surface area contributed by atoms with E-state index in [2.05, 4.69) is 19.3 Å². The maximum Gasteiger partial charge on any atom is 0.0576 e. The van der Waals surface area contributed by atoms with Crippen LogP contribution in [0.4, 0.5) is 0 Å². The van der Waals surface area contributed by atoms with E-state index in [0.29, 0.717) is 11.6 Å². The molecule has 0 aromatic rings. The molecule has 0 unspecified atom stereocenters. The summed E-state index contributed by atoms with van der Waals surface area (Å²) < 4.78 is 5.92. The molecule has 0 aromatic carbocycles. The first kappa shape index (κ1) is 10.4.